The number of rotatable bonds is 5. The van der Waals surface area contributed by atoms with Crippen LogP contribution in [0.2, 0.25) is 5.02 Å². The van der Waals surface area contributed by atoms with Gasteiger partial charge in [0.25, 0.3) is 11.8 Å². The molecule has 3 aromatic rings. The molecule has 0 aliphatic carbocycles. The Hall–Kier alpha value is -3.43. The molecular formula is C23H21ClN4O4S. The van der Waals surface area contributed by atoms with Crippen molar-refractivity contribution in [3.8, 4) is 0 Å². The summed E-state index contributed by atoms with van der Waals surface area (Å²) >= 11 is 6.20. The fourth-order valence-electron chi connectivity index (χ4n) is 3.45. The second-order valence-electron chi connectivity index (χ2n) is 7.49. The molecule has 2 heterocycles. The summed E-state index contributed by atoms with van der Waals surface area (Å²) in [5.74, 6) is -0.627. The van der Waals surface area contributed by atoms with E-state index < -0.39 is 10.0 Å². The largest absolute Gasteiger partial charge is 0.322 e. The van der Waals surface area contributed by atoms with E-state index in [9.17, 15) is 18.0 Å². The third-order valence-electron chi connectivity index (χ3n) is 5.16. The summed E-state index contributed by atoms with van der Waals surface area (Å²) in [6.45, 7) is 0.437. The van der Waals surface area contributed by atoms with E-state index in [1.807, 2.05) is 0 Å². The highest BCUT2D eigenvalue weighted by Gasteiger charge is 2.26. The van der Waals surface area contributed by atoms with Gasteiger partial charge in [-0.25, -0.2) is 8.42 Å². The van der Waals surface area contributed by atoms with E-state index in [0.717, 1.165) is 6.42 Å². The van der Waals surface area contributed by atoms with Crippen LogP contribution >= 0.6 is 11.6 Å². The lowest BCUT2D eigenvalue weighted by atomic mass is 10.1. The van der Waals surface area contributed by atoms with E-state index >= 15 is 0 Å². The van der Waals surface area contributed by atoms with Crippen LogP contribution in [0.3, 0.4) is 0 Å². The molecule has 10 heteroatoms. The van der Waals surface area contributed by atoms with E-state index in [1.165, 1.54) is 10.5 Å². The predicted molar refractivity (Wildman–Crippen MR) is 128 cm³/mol. The van der Waals surface area contributed by atoms with Crippen molar-refractivity contribution in [2.45, 2.75) is 12.8 Å². The van der Waals surface area contributed by atoms with Gasteiger partial charge in [-0.05, 0) is 67.4 Å². The van der Waals surface area contributed by atoms with Crippen LogP contribution in [0.5, 0.6) is 0 Å². The predicted octanol–water partition coefficient (Wildman–Crippen LogP) is 4.17. The van der Waals surface area contributed by atoms with E-state index in [0.29, 0.717) is 46.2 Å². The highest BCUT2D eigenvalue weighted by molar-refractivity contribution is 7.92. The topological polar surface area (TPSA) is 108 Å². The SMILES string of the molecule is O=C(Nc1ccc(Cl)c(NC(=O)c2cccnc2)c1)c1ccc(N2CCCCS2(=O)=O)cc1. The Bertz CT molecular complexity index is 1280. The van der Waals surface area contributed by atoms with Gasteiger partial charge >= 0.3 is 0 Å². The molecular weight excluding hydrogens is 464 g/mol. The van der Waals surface area contributed by atoms with Crippen LogP contribution in [0.15, 0.2) is 67.0 Å². The molecule has 0 spiro atoms. The second-order valence-corrected chi connectivity index (χ2v) is 9.91. The van der Waals surface area contributed by atoms with E-state index in [1.54, 1.807) is 60.8 Å². The number of anilines is 3. The molecule has 1 aliphatic heterocycles. The molecule has 2 amide bonds. The molecule has 2 aromatic carbocycles. The van der Waals surface area contributed by atoms with Crippen LogP contribution in [-0.4, -0.2) is 37.5 Å². The summed E-state index contributed by atoms with van der Waals surface area (Å²) in [6, 6.07) is 14.4. The van der Waals surface area contributed by atoms with Gasteiger partial charge < -0.3 is 10.6 Å². The molecule has 4 rings (SSSR count). The lowest BCUT2D eigenvalue weighted by molar-refractivity contribution is 0.101. The number of carbonyl (C=O) groups is 2. The highest BCUT2D eigenvalue weighted by atomic mass is 35.5. The van der Waals surface area contributed by atoms with Gasteiger partial charge in [0.1, 0.15) is 0 Å². The number of sulfonamides is 1. The zero-order chi connectivity index (χ0) is 23.4. The Kier molecular flexibility index (Phi) is 6.62. The number of carbonyl (C=O) groups excluding carboxylic acids is 2. The Labute approximate surface area is 196 Å². The molecule has 8 nitrogen and oxygen atoms in total. The monoisotopic (exact) mass is 484 g/mol. The fraction of sp³-hybridized carbons (Fsp3) is 0.174. The van der Waals surface area contributed by atoms with Crippen molar-refractivity contribution in [1.29, 1.82) is 0 Å². The summed E-state index contributed by atoms with van der Waals surface area (Å²) in [5, 5.41) is 5.78. The maximum atomic E-state index is 12.7. The quantitative estimate of drug-likeness (QED) is 0.565. The van der Waals surface area contributed by atoms with Gasteiger partial charge in [-0.2, -0.15) is 0 Å². The average Bonchev–Trinajstić information content (AvgIpc) is 2.81. The Morgan fingerprint density at radius 1 is 0.939 bits per heavy atom. The van der Waals surface area contributed by atoms with Gasteiger partial charge in [-0.3, -0.25) is 18.9 Å². The first kappa shape index (κ1) is 22.8. The zero-order valence-corrected chi connectivity index (χ0v) is 19.1. The van der Waals surface area contributed by atoms with Gasteiger partial charge in [0.05, 0.1) is 27.7 Å². The van der Waals surface area contributed by atoms with Crippen LogP contribution in [-0.2, 0) is 10.0 Å². The molecule has 0 atom stereocenters. The van der Waals surface area contributed by atoms with Crippen molar-refractivity contribution in [3.63, 3.8) is 0 Å². The number of benzene rings is 2. The number of pyridine rings is 1. The molecule has 1 aliphatic rings. The van der Waals surface area contributed by atoms with Gasteiger partial charge in [0, 0.05) is 30.2 Å². The molecule has 33 heavy (non-hydrogen) atoms. The normalized spacial score (nSPS) is 15.0. The minimum absolute atomic E-state index is 0.130. The summed E-state index contributed by atoms with van der Waals surface area (Å²) in [6.07, 6.45) is 4.47. The summed E-state index contributed by atoms with van der Waals surface area (Å²) in [5.41, 5.74) is 2.06. The number of nitrogens with one attached hydrogen (secondary N) is 2. The van der Waals surface area contributed by atoms with Gasteiger partial charge in [0.2, 0.25) is 10.0 Å². The average molecular weight is 485 g/mol. The molecule has 0 saturated carbocycles. The maximum Gasteiger partial charge on any atom is 0.257 e. The van der Waals surface area contributed by atoms with Crippen molar-refractivity contribution in [2.75, 3.05) is 27.2 Å². The molecule has 1 aromatic heterocycles. The van der Waals surface area contributed by atoms with Crippen molar-refractivity contribution in [1.82, 2.24) is 4.98 Å². The maximum absolute atomic E-state index is 12.7. The first-order valence-corrected chi connectivity index (χ1v) is 12.2. The number of hydrogen-bond acceptors (Lipinski definition) is 5. The molecule has 0 radical (unpaired) electrons. The van der Waals surface area contributed by atoms with E-state index in [2.05, 4.69) is 15.6 Å². The zero-order valence-electron chi connectivity index (χ0n) is 17.5. The summed E-state index contributed by atoms with van der Waals surface area (Å²) in [4.78, 5) is 29.0. The molecule has 0 bridgehead atoms. The Balaban J connectivity index is 1.46. The number of nitrogens with zero attached hydrogens (tertiary/aromatic N) is 2. The fourth-order valence-corrected chi connectivity index (χ4v) is 5.26. The number of aromatic nitrogens is 1. The summed E-state index contributed by atoms with van der Waals surface area (Å²) < 4.78 is 25.9. The third-order valence-corrected chi connectivity index (χ3v) is 7.36. The van der Waals surface area contributed by atoms with Crippen LogP contribution in [0.1, 0.15) is 33.6 Å². The van der Waals surface area contributed by atoms with Crippen LogP contribution in [0.4, 0.5) is 17.1 Å². The van der Waals surface area contributed by atoms with Gasteiger partial charge in [0.15, 0.2) is 0 Å². The number of halogens is 1. The standard InChI is InChI=1S/C23H21ClN4O4S/c24-20-10-7-18(14-21(20)27-23(30)17-4-3-11-25-15-17)26-22(29)16-5-8-19(9-6-16)28-12-1-2-13-33(28,31)32/h3-11,14-15H,1-2,12-13H2,(H,26,29)(H,27,30). The molecule has 170 valence electrons. The van der Waals surface area contributed by atoms with Gasteiger partial charge in [-0.1, -0.05) is 11.6 Å². The first-order chi connectivity index (χ1) is 15.8. The van der Waals surface area contributed by atoms with Crippen molar-refractivity contribution >= 4 is 50.5 Å². The van der Waals surface area contributed by atoms with Crippen LogP contribution in [0, 0.1) is 0 Å². The lowest BCUT2D eigenvalue weighted by Gasteiger charge is -2.28. The van der Waals surface area contributed by atoms with E-state index in [-0.39, 0.29) is 17.6 Å². The highest BCUT2D eigenvalue weighted by Crippen LogP contribution is 2.27. The van der Waals surface area contributed by atoms with Crippen molar-refractivity contribution < 1.29 is 18.0 Å². The lowest BCUT2D eigenvalue weighted by Crippen LogP contribution is -2.37. The number of hydrogen-bond donors (Lipinski definition) is 2. The smallest absolute Gasteiger partial charge is 0.257 e. The third kappa shape index (κ3) is 5.32. The Morgan fingerprint density at radius 3 is 2.39 bits per heavy atom. The van der Waals surface area contributed by atoms with Crippen LogP contribution in [0.25, 0.3) is 0 Å². The van der Waals surface area contributed by atoms with Crippen LogP contribution < -0.4 is 14.9 Å². The van der Waals surface area contributed by atoms with Gasteiger partial charge in [-0.15, -0.1) is 0 Å². The second kappa shape index (κ2) is 9.60. The molecule has 2 N–H and O–H groups in total. The number of amides is 2. The first-order valence-electron chi connectivity index (χ1n) is 10.3. The van der Waals surface area contributed by atoms with E-state index in [4.69, 9.17) is 11.6 Å². The Morgan fingerprint density at radius 2 is 1.70 bits per heavy atom. The van der Waals surface area contributed by atoms with Crippen molar-refractivity contribution in [2.24, 2.45) is 0 Å². The van der Waals surface area contributed by atoms with Crippen molar-refractivity contribution in [3.05, 3.63) is 83.1 Å². The summed E-state index contributed by atoms with van der Waals surface area (Å²) in [7, 11) is -3.32. The molecule has 1 saturated heterocycles. The molecule has 1 fully saturated rings. The molecule has 0 unspecified atom stereocenters. The minimum Gasteiger partial charge on any atom is -0.322 e. The minimum atomic E-state index is -3.32.